The van der Waals surface area contributed by atoms with Gasteiger partial charge in [0.05, 0.1) is 6.26 Å². The van der Waals surface area contributed by atoms with Gasteiger partial charge in [0.15, 0.2) is 0 Å². The van der Waals surface area contributed by atoms with Gasteiger partial charge in [0.2, 0.25) is 5.78 Å². The maximum atomic E-state index is 12.4. The molecule has 2 heterocycles. The van der Waals surface area contributed by atoms with Crippen molar-refractivity contribution in [3.8, 4) is 0 Å². The molecule has 7 nitrogen and oxygen atoms in total. The second-order valence-corrected chi connectivity index (χ2v) is 6.45. The molecule has 112 valence electrons. The van der Waals surface area contributed by atoms with Crippen LogP contribution in [0.15, 0.2) is 29.3 Å². The largest absolute Gasteiger partial charge is 0.292 e. The summed E-state index contributed by atoms with van der Waals surface area (Å²) in [4.78, 5) is 28.5. The predicted molar refractivity (Wildman–Crippen MR) is 77.0 cm³/mol. The van der Waals surface area contributed by atoms with Gasteiger partial charge in [-0.2, -0.15) is 0 Å². The summed E-state index contributed by atoms with van der Waals surface area (Å²) in [6.45, 7) is 1.87. The van der Waals surface area contributed by atoms with Crippen LogP contribution in [0.4, 0.5) is 0 Å². The molecule has 0 aliphatic heterocycles. The molecule has 0 radical (unpaired) electrons. The minimum absolute atomic E-state index is 0.143. The molecular formula is C13H15N3O4S. The molecule has 21 heavy (non-hydrogen) atoms. The Bertz CT molecular complexity index is 819. The molecule has 2 aromatic rings. The van der Waals surface area contributed by atoms with Crippen LogP contribution in [0.25, 0.3) is 0 Å². The number of carbonyl (C=O) groups is 1. The highest BCUT2D eigenvalue weighted by atomic mass is 32.2. The summed E-state index contributed by atoms with van der Waals surface area (Å²) in [6.07, 6.45) is 4.82. The van der Waals surface area contributed by atoms with Crippen molar-refractivity contribution in [2.75, 3.05) is 6.26 Å². The smallest absolute Gasteiger partial charge is 0.288 e. The number of hydrogen-bond acceptors (Lipinski definition) is 5. The molecule has 1 N–H and O–H groups in total. The first-order valence-corrected chi connectivity index (χ1v) is 8.20. The van der Waals surface area contributed by atoms with Crippen molar-refractivity contribution in [3.63, 3.8) is 0 Å². The topological polar surface area (TPSA) is 102 Å². The van der Waals surface area contributed by atoms with E-state index in [9.17, 15) is 18.0 Å². The van der Waals surface area contributed by atoms with E-state index >= 15 is 0 Å². The van der Waals surface area contributed by atoms with E-state index in [0.29, 0.717) is 22.6 Å². The van der Waals surface area contributed by atoms with Crippen LogP contribution in [-0.2, 0) is 16.4 Å². The SMILES string of the molecule is CCCc1[nH]n(S(C)(=O)=O)c(=O)c1C(=O)c1cccnc1. The zero-order chi connectivity index (χ0) is 15.6. The van der Waals surface area contributed by atoms with Crippen LogP contribution in [0.5, 0.6) is 0 Å². The Labute approximate surface area is 121 Å². The quantitative estimate of drug-likeness (QED) is 0.813. The lowest BCUT2D eigenvalue weighted by atomic mass is 10.0. The first-order valence-electron chi connectivity index (χ1n) is 6.35. The molecule has 0 fully saturated rings. The third kappa shape index (κ3) is 2.94. The van der Waals surface area contributed by atoms with Crippen molar-refractivity contribution in [3.05, 3.63) is 51.7 Å². The normalized spacial score (nSPS) is 11.5. The van der Waals surface area contributed by atoms with Crippen molar-refractivity contribution < 1.29 is 13.2 Å². The fourth-order valence-corrected chi connectivity index (χ4v) is 2.67. The van der Waals surface area contributed by atoms with Gasteiger partial charge in [0.25, 0.3) is 15.6 Å². The van der Waals surface area contributed by atoms with Gasteiger partial charge in [-0.05, 0) is 18.6 Å². The molecule has 0 saturated carbocycles. The highest BCUT2D eigenvalue weighted by Gasteiger charge is 2.25. The van der Waals surface area contributed by atoms with Crippen molar-refractivity contribution >= 4 is 15.8 Å². The molecule has 0 aliphatic rings. The van der Waals surface area contributed by atoms with Gasteiger partial charge >= 0.3 is 0 Å². The summed E-state index contributed by atoms with van der Waals surface area (Å²) in [6, 6.07) is 3.11. The molecule has 0 aromatic carbocycles. The number of pyridine rings is 1. The van der Waals surface area contributed by atoms with Crippen molar-refractivity contribution in [1.29, 1.82) is 0 Å². The van der Waals surface area contributed by atoms with Gasteiger partial charge in [-0.1, -0.05) is 13.3 Å². The zero-order valence-electron chi connectivity index (χ0n) is 11.7. The van der Waals surface area contributed by atoms with E-state index in [2.05, 4.69) is 10.1 Å². The highest BCUT2D eigenvalue weighted by molar-refractivity contribution is 7.89. The van der Waals surface area contributed by atoms with E-state index in [1.807, 2.05) is 6.92 Å². The van der Waals surface area contributed by atoms with Gasteiger partial charge < -0.3 is 0 Å². The number of nitrogens with zero attached hydrogens (tertiary/aromatic N) is 2. The van der Waals surface area contributed by atoms with E-state index in [0.717, 1.165) is 6.26 Å². The summed E-state index contributed by atoms with van der Waals surface area (Å²) in [5.74, 6) is -0.532. The number of ketones is 1. The number of rotatable bonds is 5. The fraction of sp³-hybridized carbons (Fsp3) is 0.308. The third-order valence-corrected chi connectivity index (χ3v) is 3.84. The van der Waals surface area contributed by atoms with E-state index in [1.54, 1.807) is 6.07 Å². The van der Waals surface area contributed by atoms with E-state index in [-0.39, 0.29) is 11.1 Å². The van der Waals surface area contributed by atoms with Crippen LogP contribution in [0, 0.1) is 0 Å². The minimum atomic E-state index is -3.79. The van der Waals surface area contributed by atoms with E-state index in [4.69, 9.17) is 0 Å². The Morgan fingerprint density at radius 2 is 2.14 bits per heavy atom. The summed E-state index contributed by atoms with van der Waals surface area (Å²) in [5, 5.41) is 2.52. The number of hydrogen-bond donors (Lipinski definition) is 1. The second kappa shape index (κ2) is 5.65. The zero-order valence-corrected chi connectivity index (χ0v) is 12.5. The lowest BCUT2D eigenvalue weighted by molar-refractivity contribution is 0.103. The van der Waals surface area contributed by atoms with Crippen LogP contribution in [0.3, 0.4) is 0 Å². The Balaban J connectivity index is 2.65. The number of nitrogens with one attached hydrogen (secondary N) is 1. The van der Waals surface area contributed by atoms with E-state index < -0.39 is 21.4 Å². The summed E-state index contributed by atoms with van der Waals surface area (Å²) < 4.78 is 23.7. The molecule has 2 rings (SSSR count). The highest BCUT2D eigenvalue weighted by Crippen LogP contribution is 2.11. The third-order valence-electron chi connectivity index (χ3n) is 2.92. The standard InChI is InChI=1S/C13H15N3O4S/c1-3-5-10-11(12(17)9-6-4-7-14-8-9)13(18)16(15-10)21(2,19)20/h4,6-8,15H,3,5H2,1-2H3. The van der Waals surface area contributed by atoms with Crippen LogP contribution >= 0.6 is 0 Å². The minimum Gasteiger partial charge on any atom is -0.288 e. The Hall–Kier alpha value is -2.22. The second-order valence-electron chi connectivity index (χ2n) is 4.62. The average Bonchev–Trinajstić information content (AvgIpc) is 2.76. The van der Waals surface area contributed by atoms with Gasteiger partial charge in [0.1, 0.15) is 5.56 Å². The Morgan fingerprint density at radius 3 is 2.67 bits per heavy atom. The first-order chi connectivity index (χ1) is 9.86. The van der Waals surface area contributed by atoms with Crippen molar-refractivity contribution in [2.45, 2.75) is 19.8 Å². The van der Waals surface area contributed by atoms with Gasteiger partial charge in [-0.15, -0.1) is 4.09 Å². The lowest BCUT2D eigenvalue weighted by Gasteiger charge is -1.99. The monoisotopic (exact) mass is 309 g/mol. The molecule has 0 unspecified atom stereocenters. The van der Waals surface area contributed by atoms with E-state index in [1.165, 1.54) is 18.5 Å². The fourth-order valence-electron chi connectivity index (χ4n) is 2.00. The molecule has 0 spiro atoms. The number of aromatic nitrogens is 3. The summed E-state index contributed by atoms with van der Waals surface area (Å²) in [5.41, 5.74) is -0.432. The van der Waals surface area contributed by atoms with Gasteiger partial charge in [-0.25, -0.2) is 8.42 Å². The van der Waals surface area contributed by atoms with Crippen LogP contribution in [0.2, 0.25) is 0 Å². The molecule has 0 bridgehead atoms. The van der Waals surface area contributed by atoms with Gasteiger partial charge in [-0.3, -0.25) is 19.7 Å². The van der Waals surface area contributed by atoms with Crippen LogP contribution in [-0.4, -0.2) is 34.6 Å². The molecule has 2 aromatic heterocycles. The maximum absolute atomic E-state index is 12.4. The number of aryl methyl sites for hydroxylation is 1. The van der Waals surface area contributed by atoms with Crippen LogP contribution < -0.4 is 5.56 Å². The number of carbonyl (C=O) groups excluding carboxylic acids is 1. The lowest BCUT2D eigenvalue weighted by Crippen LogP contribution is -2.27. The van der Waals surface area contributed by atoms with Crippen LogP contribution in [0.1, 0.15) is 35.0 Å². The Morgan fingerprint density at radius 1 is 1.43 bits per heavy atom. The molecular weight excluding hydrogens is 294 g/mol. The molecule has 8 heteroatoms. The van der Waals surface area contributed by atoms with Crippen molar-refractivity contribution in [1.82, 2.24) is 14.2 Å². The maximum Gasteiger partial charge on any atom is 0.292 e. The molecule has 0 atom stereocenters. The summed E-state index contributed by atoms with van der Waals surface area (Å²) >= 11 is 0. The average molecular weight is 309 g/mol. The predicted octanol–water partition coefficient (Wildman–Crippen LogP) is 0.563. The Kier molecular flexibility index (Phi) is 4.08. The molecule has 0 aliphatic carbocycles. The first kappa shape index (κ1) is 15.2. The molecule has 0 amide bonds. The van der Waals surface area contributed by atoms with Crippen molar-refractivity contribution in [2.24, 2.45) is 0 Å². The van der Waals surface area contributed by atoms with Gasteiger partial charge in [0, 0.05) is 23.7 Å². The number of H-pyrrole nitrogens is 1. The summed E-state index contributed by atoms with van der Waals surface area (Å²) in [7, 11) is -3.79. The number of aromatic amines is 1. The molecule has 0 saturated heterocycles.